The van der Waals surface area contributed by atoms with Gasteiger partial charge in [0.15, 0.2) is 0 Å². The second-order valence-electron chi connectivity index (χ2n) is 5.92. The predicted octanol–water partition coefficient (Wildman–Crippen LogP) is 1.16. The number of hydrogen-bond acceptors (Lipinski definition) is 3. The maximum atomic E-state index is 12.3. The van der Waals surface area contributed by atoms with E-state index in [9.17, 15) is 4.79 Å². The normalized spacial score (nSPS) is 23.1. The first kappa shape index (κ1) is 15.4. The Balaban J connectivity index is 2.53. The standard InChI is InChI=1S/C14H29N3O/c1-5-17(14(18)13(15)11(2)3)10-12-7-6-8-16(4)9-12/h11-13H,5-10,15H2,1-4H3/t12-,13-/m0/s1. The zero-order valence-electron chi connectivity index (χ0n) is 12.4. The molecule has 0 unspecified atom stereocenters. The van der Waals surface area contributed by atoms with Crippen LogP contribution in [0.1, 0.15) is 33.6 Å². The van der Waals surface area contributed by atoms with Gasteiger partial charge in [0.1, 0.15) is 0 Å². The monoisotopic (exact) mass is 255 g/mol. The molecular formula is C14H29N3O. The topological polar surface area (TPSA) is 49.6 Å². The SMILES string of the molecule is CCN(C[C@H]1CCCN(C)C1)C(=O)[C@@H](N)C(C)C. The predicted molar refractivity (Wildman–Crippen MR) is 75.3 cm³/mol. The molecule has 0 saturated carbocycles. The summed E-state index contributed by atoms with van der Waals surface area (Å²) >= 11 is 0. The van der Waals surface area contributed by atoms with Gasteiger partial charge < -0.3 is 15.5 Å². The molecule has 18 heavy (non-hydrogen) atoms. The molecule has 0 aliphatic carbocycles. The molecule has 1 rings (SSSR count). The Morgan fingerprint density at radius 3 is 2.67 bits per heavy atom. The minimum Gasteiger partial charge on any atom is -0.341 e. The third kappa shape index (κ3) is 4.25. The van der Waals surface area contributed by atoms with Gasteiger partial charge in [0, 0.05) is 19.6 Å². The molecule has 0 aromatic heterocycles. The highest BCUT2D eigenvalue weighted by Crippen LogP contribution is 2.17. The van der Waals surface area contributed by atoms with E-state index in [0.717, 1.165) is 19.6 Å². The van der Waals surface area contributed by atoms with Crippen molar-refractivity contribution in [3.63, 3.8) is 0 Å². The Labute approximate surface area is 111 Å². The van der Waals surface area contributed by atoms with Crippen LogP contribution in [-0.4, -0.2) is 55.0 Å². The molecule has 0 bridgehead atoms. The molecule has 1 aliphatic rings. The minimum absolute atomic E-state index is 0.112. The molecule has 4 nitrogen and oxygen atoms in total. The molecule has 1 heterocycles. The molecule has 1 amide bonds. The number of carbonyl (C=O) groups excluding carboxylic acids is 1. The van der Waals surface area contributed by atoms with Crippen molar-refractivity contribution in [3.8, 4) is 0 Å². The summed E-state index contributed by atoms with van der Waals surface area (Å²) in [5.41, 5.74) is 5.97. The van der Waals surface area contributed by atoms with Crippen LogP contribution in [0.5, 0.6) is 0 Å². The third-order valence-corrected chi connectivity index (χ3v) is 3.90. The number of amides is 1. The molecule has 1 fully saturated rings. The van der Waals surface area contributed by atoms with Crippen molar-refractivity contribution in [1.82, 2.24) is 9.80 Å². The van der Waals surface area contributed by atoms with E-state index in [2.05, 4.69) is 11.9 Å². The summed E-state index contributed by atoms with van der Waals surface area (Å²) in [5, 5.41) is 0. The highest BCUT2D eigenvalue weighted by molar-refractivity contribution is 5.81. The van der Waals surface area contributed by atoms with E-state index in [0.29, 0.717) is 5.92 Å². The van der Waals surface area contributed by atoms with E-state index >= 15 is 0 Å². The molecule has 106 valence electrons. The van der Waals surface area contributed by atoms with Crippen molar-refractivity contribution in [2.24, 2.45) is 17.6 Å². The minimum atomic E-state index is -0.355. The lowest BCUT2D eigenvalue weighted by Crippen LogP contribution is -2.49. The molecule has 0 spiro atoms. The number of carbonyl (C=O) groups is 1. The first-order chi connectivity index (χ1) is 8.45. The Hall–Kier alpha value is -0.610. The van der Waals surface area contributed by atoms with Crippen LogP contribution in [0, 0.1) is 11.8 Å². The van der Waals surface area contributed by atoms with Crippen LogP contribution in [0.25, 0.3) is 0 Å². The third-order valence-electron chi connectivity index (χ3n) is 3.90. The van der Waals surface area contributed by atoms with Gasteiger partial charge in [-0.2, -0.15) is 0 Å². The van der Waals surface area contributed by atoms with Gasteiger partial charge in [-0.15, -0.1) is 0 Å². The Kier molecular flexibility index (Phi) is 6.09. The Bertz CT molecular complexity index is 268. The second-order valence-corrected chi connectivity index (χ2v) is 5.92. The number of piperidine rings is 1. The molecule has 0 radical (unpaired) electrons. The number of nitrogens with two attached hydrogens (primary N) is 1. The van der Waals surface area contributed by atoms with E-state index in [1.807, 2.05) is 25.7 Å². The lowest BCUT2D eigenvalue weighted by molar-refractivity contribution is -0.134. The zero-order chi connectivity index (χ0) is 13.7. The summed E-state index contributed by atoms with van der Waals surface area (Å²) in [6.07, 6.45) is 2.47. The summed E-state index contributed by atoms with van der Waals surface area (Å²) in [7, 11) is 2.16. The molecule has 0 aromatic rings. The molecule has 1 aliphatic heterocycles. The number of rotatable bonds is 5. The molecule has 2 N–H and O–H groups in total. The van der Waals surface area contributed by atoms with Gasteiger partial charge in [0.05, 0.1) is 6.04 Å². The van der Waals surface area contributed by atoms with Crippen LogP contribution in [0.4, 0.5) is 0 Å². The van der Waals surface area contributed by atoms with Crippen LogP contribution in [-0.2, 0) is 4.79 Å². The number of likely N-dealkylation sites (tertiary alicyclic amines) is 1. The quantitative estimate of drug-likeness (QED) is 0.802. The first-order valence-corrected chi connectivity index (χ1v) is 7.18. The Morgan fingerprint density at radius 2 is 2.17 bits per heavy atom. The van der Waals surface area contributed by atoms with Crippen molar-refractivity contribution >= 4 is 5.91 Å². The van der Waals surface area contributed by atoms with E-state index in [1.54, 1.807) is 0 Å². The molecule has 2 atom stereocenters. The number of likely N-dealkylation sites (N-methyl/N-ethyl adjacent to an activating group) is 1. The van der Waals surface area contributed by atoms with Crippen molar-refractivity contribution in [2.75, 3.05) is 33.2 Å². The number of nitrogens with zero attached hydrogens (tertiary/aromatic N) is 2. The van der Waals surface area contributed by atoms with Crippen molar-refractivity contribution in [2.45, 2.75) is 39.7 Å². The van der Waals surface area contributed by atoms with Gasteiger partial charge >= 0.3 is 0 Å². The smallest absolute Gasteiger partial charge is 0.239 e. The fraction of sp³-hybridized carbons (Fsp3) is 0.929. The summed E-state index contributed by atoms with van der Waals surface area (Å²) in [4.78, 5) is 16.6. The van der Waals surface area contributed by atoms with Gasteiger partial charge in [-0.05, 0) is 45.2 Å². The van der Waals surface area contributed by atoms with Gasteiger partial charge in [-0.3, -0.25) is 4.79 Å². The summed E-state index contributed by atoms with van der Waals surface area (Å²) in [5.74, 6) is 0.924. The summed E-state index contributed by atoms with van der Waals surface area (Å²) in [6, 6.07) is -0.355. The lowest BCUT2D eigenvalue weighted by Gasteiger charge is -2.34. The van der Waals surface area contributed by atoms with Crippen molar-refractivity contribution in [3.05, 3.63) is 0 Å². The van der Waals surface area contributed by atoms with Crippen LogP contribution >= 0.6 is 0 Å². The average Bonchev–Trinajstić information content (AvgIpc) is 2.34. The van der Waals surface area contributed by atoms with E-state index in [4.69, 9.17) is 5.73 Å². The fourth-order valence-electron chi connectivity index (χ4n) is 2.60. The highest BCUT2D eigenvalue weighted by atomic mass is 16.2. The van der Waals surface area contributed by atoms with Crippen LogP contribution in [0.2, 0.25) is 0 Å². The molecule has 4 heteroatoms. The van der Waals surface area contributed by atoms with E-state index in [1.165, 1.54) is 19.4 Å². The van der Waals surface area contributed by atoms with Crippen molar-refractivity contribution < 1.29 is 4.79 Å². The van der Waals surface area contributed by atoms with Gasteiger partial charge in [0.2, 0.25) is 5.91 Å². The highest BCUT2D eigenvalue weighted by Gasteiger charge is 2.26. The summed E-state index contributed by atoms with van der Waals surface area (Å²) < 4.78 is 0. The first-order valence-electron chi connectivity index (χ1n) is 7.18. The van der Waals surface area contributed by atoms with E-state index in [-0.39, 0.29) is 17.9 Å². The largest absolute Gasteiger partial charge is 0.341 e. The molecule has 0 aromatic carbocycles. The van der Waals surface area contributed by atoms with Gasteiger partial charge in [-0.25, -0.2) is 0 Å². The lowest BCUT2D eigenvalue weighted by atomic mass is 9.97. The Morgan fingerprint density at radius 1 is 1.50 bits per heavy atom. The fourth-order valence-corrected chi connectivity index (χ4v) is 2.60. The van der Waals surface area contributed by atoms with E-state index < -0.39 is 0 Å². The van der Waals surface area contributed by atoms with Crippen LogP contribution in [0.3, 0.4) is 0 Å². The maximum Gasteiger partial charge on any atom is 0.239 e. The van der Waals surface area contributed by atoms with Crippen LogP contribution in [0.15, 0.2) is 0 Å². The van der Waals surface area contributed by atoms with Crippen molar-refractivity contribution in [1.29, 1.82) is 0 Å². The maximum absolute atomic E-state index is 12.3. The molecule has 1 saturated heterocycles. The molecular weight excluding hydrogens is 226 g/mol. The van der Waals surface area contributed by atoms with Gasteiger partial charge in [0.25, 0.3) is 0 Å². The van der Waals surface area contributed by atoms with Crippen LogP contribution < -0.4 is 5.73 Å². The van der Waals surface area contributed by atoms with Gasteiger partial charge in [-0.1, -0.05) is 13.8 Å². The second kappa shape index (κ2) is 7.10. The number of hydrogen-bond donors (Lipinski definition) is 1. The zero-order valence-corrected chi connectivity index (χ0v) is 12.4. The average molecular weight is 255 g/mol. The summed E-state index contributed by atoms with van der Waals surface area (Å²) in [6.45, 7) is 9.95.